The van der Waals surface area contributed by atoms with Gasteiger partial charge in [-0.25, -0.2) is 0 Å². The Morgan fingerprint density at radius 2 is 2.03 bits per heavy atom. The van der Waals surface area contributed by atoms with Gasteiger partial charge in [-0.2, -0.15) is 5.26 Å². The normalized spacial score (nSPS) is 18.0. The second-order valence-corrected chi connectivity index (χ2v) is 8.42. The van der Waals surface area contributed by atoms with E-state index in [1.807, 2.05) is 37.3 Å². The summed E-state index contributed by atoms with van der Waals surface area (Å²) in [7, 11) is 0. The Morgan fingerprint density at radius 1 is 1.31 bits per heavy atom. The van der Waals surface area contributed by atoms with Crippen molar-refractivity contribution in [2.45, 2.75) is 52.5 Å². The zero-order chi connectivity index (χ0) is 21.2. The van der Waals surface area contributed by atoms with Crippen molar-refractivity contribution in [3.8, 4) is 6.07 Å². The quantitative estimate of drug-likeness (QED) is 0.544. The first kappa shape index (κ1) is 20.7. The summed E-state index contributed by atoms with van der Waals surface area (Å²) in [5.74, 6) is 0.0337. The van der Waals surface area contributed by atoms with Gasteiger partial charge in [0.15, 0.2) is 0 Å². The van der Waals surface area contributed by atoms with Gasteiger partial charge in [-0.1, -0.05) is 31.2 Å². The molecule has 1 amide bonds. The molecule has 3 rings (SSSR count). The molecule has 0 saturated heterocycles. The Labute approximate surface area is 173 Å². The number of carbonyl (C=O) groups is 1. The fourth-order valence-corrected chi connectivity index (χ4v) is 4.42. The Kier molecular flexibility index (Phi) is 5.79. The third kappa shape index (κ3) is 4.19. The van der Waals surface area contributed by atoms with E-state index < -0.39 is 0 Å². The van der Waals surface area contributed by atoms with E-state index in [2.05, 4.69) is 56.1 Å². The summed E-state index contributed by atoms with van der Waals surface area (Å²) in [6.07, 6.45) is 2.75. The summed E-state index contributed by atoms with van der Waals surface area (Å²) >= 11 is 0. The molecule has 1 heterocycles. The number of benzene rings is 2. The molecular weight excluding hydrogens is 358 g/mol. The first-order chi connectivity index (χ1) is 13.8. The zero-order valence-corrected chi connectivity index (χ0v) is 17.9. The van der Waals surface area contributed by atoms with Crippen LogP contribution in [0.4, 0.5) is 11.4 Å². The van der Waals surface area contributed by atoms with Crippen molar-refractivity contribution in [1.82, 2.24) is 0 Å². The first-order valence-electron chi connectivity index (χ1n) is 10.2. The Balaban J connectivity index is 1.91. The number of amides is 1. The lowest BCUT2D eigenvalue weighted by Crippen LogP contribution is -2.48. The number of nitrogens with one attached hydrogen (secondary N) is 1. The van der Waals surface area contributed by atoms with Crippen LogP contribution in [0.15, 0.2) is 48.0 Å². The van der Waals surface area contributed by atoms with E-state index in [4.69, 9.17) is 0 Å². The van der Waals surface area contributed by atoms with Crippen LogP contribution < -0.4 is 10.2 Å². The molecule has 2 aromatic carbocycles. The molecule has 0 bridgehead atoms. The largest absolute Gasteiger partial charge is 0.366 e. The molecule has 0 fully saturated rings. The zero-order valence-electron chi connectivity index (χ0n) is 17.9. The predicted octanol–water partition coefficient (Wildman–Crippen LogP) is 5.65. The van der Waals surface area contributed by atoms with Gasteiger partial charge >= 0.3 is 0 Å². The van der Waals surface area contributed by atoms with Crippen molar-refractivity contribution in [3.05, 3.63) is 64.7 Å². The highest BCUT2D eigenvalue weighted by Crippen LogP contribution is 2.43. The summed E-state index contributed by atoms with van der Waals surface area (Å²) in [5, 5.41) is 12.4. The summed E-state index contributed by atoms with van der Waals surface area (Å²) in [6.45, 7) is 11.9. The average molecular weight is 388 g/mol. The molecule has 1 aliphatic heterocycles. The number of aryl methyl sites for hydroxylation is 1. The van der Waals surface area contributed by atoms with Crippen LogP contribution in [0.25, 0.3) is 6.08 Å². The highest BCUT2D eigenvalue weighted by atomic mass is 16.1. The van der Waals surface area contributed by atoms with Crippen LogP contribution >= 0.6 is 0 Å². The highest BCUT2D eigenvalue weighted by molar-refractivity contribution is 6.10. The minimum Gasteiger partial charge on any atom is -0.366 e. The van der Waals surface area contributed by atoms with Crippen LogP contribution in [-0.2, 0) is 4.79 Å². The molecule has 150 valence electrons. The standard InChI is InChI=1S/C25H29N3O/c1-6-28-23-12-11-19(14-21(23)18(3)15-25(28,4)5)13-20(16-26)24(29)27-22-10-8-7-9-17(22)2/h7-14,18H,6,15H2,1-5H3,(H,27,29)/b20-13-/t18-/m0/s1. The van der Waals surface area contributed by atoms with E-state index in [1.165, 1.54) is 11.3 Å². The molecule has 1 N–H and O–H groups in total. The molecule has 2 aromatic rings. The number of carbonyl (C=O) groups excluding carboxylic acids is 1. The maximum atomic E-state index is 12.6. The van der Waals surface area contributed by atoms with Crippen LogP contribution in [0.5, 0.6) is 0 Å². The lowest BCUT2D eigenvalue weighted by molar-refractivity contribution is -0.112. The number of fused-ring (bicyclic) bond motifs is 1. The molecular formula is C25H29N3O. The van der Waals surface area contributed by atoms with E-state index in [0.717, 1.165) is 29.8 Å². The van der Waals surface area contributed by atoms with Crippen LogP contribution in [-0.4, -0.2) is 18.0 Å². The monoisotopic (exact) mass is 387 g/mol. The number of hydrogen-bond donors (Lipinski definition) is 1. The van der Waals surface area contributed by atoms with Gasteiger partial charge in [0.25, 0.3) is 5.91 Å². The molecule has 0 aliphatic carbocycles. The third-order valence-electron chi connectivity index (χ3n) is 5.80. The lowest BCUT2D eigenvalue weighted by atomic mass is 9.79. The van der Waals surface area contributed by atoms with Gasteiger partial charge in [0.05, 0.1) is 0 Å². The summed E-state index contributed by atoms with van der Waals surface area (Å²) in [6, 6.07) is 15.8. The molecule has 0 radical (unpaired) electrons. The van der Waals surface area contributed by atoms with E-state index in [-0.39, 0.29) is 17.0 Å². The predicted molar refractivity (Wildman–Crippen MR) is 120 cm³/mol. The van der Waals surface area contributed by atoms with Crippen molar-refractivity contribution in [2.75, 3.05) is 16.8 Å². The van der Waals surface area contributed by atoms with E-state index in [0.29, 0.717) is 5.92 Å². The van der Waals surface area contributed by atoms with Crippen LogP contribution in [0.3, 0.4) is 0 Å². The van der Waals surface area contributed by atoms with E-state index in [1.54, 1.807) is 6.08 Å². The lowest BCUT2D eigenvalue weighted by Gasteiger charge is -2.47. The highest BCUT2D eigenvalue weighted by Gasteiger charge is 2.35. The van der Waals surface area contributed by atoms with Crippen LogP contribution in [0.2, 0.25) is 0 Å². The second-order valence-electron chi connectivity index (χ2n) is 8.42. The number of nitriles is 1. The second kappa shape index (κ2) is 8.13. The van der Waals surface area contributed by atoms with E-state index >= 15 is 0 Å². The minimum atomic E-state index is -0.385. The molecule has 0 spiro atoms. The SMILES string of the molecule is CCN1c2ccc(/C=C(/C#N)C(=O)Nc3ccccc3C)cc2[C@@H](C)CC1(C)C. The van der Waals surface area contributed by atoms with E-state index in [9.17, 15) is 10.1 Å². The molecule has 4 nitrogen and oxygen atoms in total. The van der Waals surface area contributed by atoms with Crippen LogP contribution in [0, 0.1) is 18.3 Å². The van der Waals surface area contributed by atoms with Crippen molar-refractivity contribution in [1.29, 1.82) is 5.26 Å². The first-order valence-corrected chi connectivity index (χ1v) is 10.2. The smallest absolute Gasteiger partial charge is 0.266 e. The Morgan fingerprint density at radius 3 is 2.69 bits per heavy atom. The van der Waals surface area contributed by atoms with Crippen molar-refractivity contribution in [3.63, 3.8) is 0 Å². The molecule has 0 aromatic heterocycles. The topological polar surface area (TPSA) is 56.1 Å². The Bertz CT molecular complexity index is 997. The van der Waals surface area contributed by atoms with Gasteiger partial charge in [-0.15, -0.1) is 0 Å². The summed E-state index contributed by atoms with van der Waals surface area (Å²) < 4.78 is 0. The maximum absolute atomic E-state index is 12.6. The van der Waals surface area contributed by atoms with Gasteiger partial charge in [0.1, 0.15) is 11.6 Å². The van der Waals surface area contributed by atoms with Gasteiger partial charge in [-0.3, -0.25) is 4.79 Å². The van der Waals surface area contributed by atoms with Crippen molar-refractivity contribution in [2.24, 2.45) is 0 Å². The van der Waals surface area contributed by atoms with Crippen molar-refractivity contribution < 1.29 is 4.79 Å². The number of anilines is 2. The minimum absolute atomic E-state index is 0.101. The number of nitrogens with zero attached hydrogens (tertiary/aromatic N) is 2. The van der Waals surface area contributed by atoms with Gasteiger partial charge in [0, 0.05) is 23.5 Å². The van der Waals surface area contributed by atoms with Crippen molar-refractivity contribution >= 4 is 23.4 Å². The van der Waals surface area contributed by atoms with Crippen LogP contribution in [0.1, 0.15) is 56.7 Å². The maximum Gasteiger partial charge on any atom is 0.266 e. The molecule has 1 atom stereocenters. The molecule has 1 aliphatic rings. The molecule has 0 unspecified atom stereocenters. The summed E-state index contributed by atoms with van der Waals surface area (Å²) in [5.41, 5.74) is 5.30. The number of para-hydroxylation sites is 1. The fourth-order valence-electron chi connectivity index (χ4n) is 4.42. The molecule has 4 heteroatoms. The molecule has 0 saturated carbocycles. The fraction of sp³-hybridized carbons (Fsp3) is 0.360. The van der Waals surface area contributed by atoms with Gasteiger partial charge < -0.3 is 10.2 Å². The molecule has 29 heavy (non-hydrogen) atoms. The average Bonchev–Trinajstić information content (AvgIpc) is 2.67. The number of hydrogen-bond acceptors (Lipinski definition) is 3. The van der Waals surface area contributed by atoms with Gasteiger partial charge in [-0.05, 0) is 81.0 Å². The summed E-state index contributed by atoms with van der Waals surface area (Å²) in [4.78, 5) is 15.1. The Hall–Kier alpha value is -3.06. The number of rotatable bonds is 4. The third-order valence-corrected chi connectivity index (χ3v) is 5.80. The van der Waals surface area contributed by atoms with Gasteiger partial charge in [0.2, 0.25) is 0 Å².